The third kappa shape index (κ3) is 3.63. The van der Waals surface area contributed by atoms with Crippen molar-refractivity contribution in [3.8, 4) is 0 Å². The number of carbonyl (C=O) groups is 1. The van der Waals surface area contributed by atoms with Gasteiger partial charge in [-0.3, -0.25) is 0 Å². The summed E-state index contributed by atoms with van der Waals surface area (Å²) in [7, 11) is 0. The van der Waals surface area contributed by atoms with Gasteiger partial charge in [-0.1, -0.05) is 0 Å². The van der Waals surface area contributed by atoms with Gasteiger partial charge in [0.05, 0.1) is 0 Å². The summed E-state index contributed by atoms with van der Waals surface area (Å²) in [5.41, 5.74) is 0.670. The molecule has 0 spiro atoms. The summed E-state index contributed by atoms with van der Waals surface area (Å²) >= 11 is 4.29. The van der Waals surface area contributed by atoms with Crippen LogP contribution in [0.25, 0.3) is 0 Å². The summed E-state index contributed by atoms with van der Waals surface area (Å²) in [5.74, 6) is -0.115. The van der Waals surface area contributed by atoms with E-state index in [0.717, 1.165) is 23.3 Å². The fraction of sp³-hybridized carbons (Fsp3) is 0.467. The van der Waals surface area contributed by atoms with Gasteiger partial charge in [0.15, 0.2) is 0 Å². The van der Waals surface area contributed by atoms with Crippen LogP contribution in [-0.2, 0) is 0 Å². The number of hydrogen-bond acceptors (Lipinski definition) is 2. The van der Waals surface area contributed by atoms with Crippen molar-refractivity contribution in [3.05, 3.63) is 35.9 Å². The minimum atomic E-state index is -2.06. The monoisotopic (exact) mass is 423 g/mol. The SMILES string of the molecule is CCP(I)(CC)(CC)C(=NC(=O)c1ccccc1)SC. The molecule has 0 radical (unpaired) electrons. The first-order valence-electron chi connectivity index (χ1n) is 6.89. The normalized spacial score (nSPS) is 14.7. The van der Waals surface area contributed by atoms with Crippen molar-refractivity contribution >= 4 is 48.7 Å². The Bertz CT molecular complexity index is 489. The standard InChI is InChI=1S/C15H23INOPS/c1-5-19(16,6-2,7-3)15(20-4)17-14(18)13-11-9-8-10-12-13/h8-12H,5-7H2,1-4H3. The van der Waals surface area contributed by atoms with E-state index in [0.29, 0.717) is 5.56 Å². The van der Waals surface area contributed by atoms with E-state index in [9.17, 15) is 4.79 Å². The van der Waals surface area contributed by atoms with Crippen molar-refractivity contribution in [3.63, 3.8) is 0 Å². The molecular formula is C15H23INOPS. The number of hydrogen-bond donors (Lipinski definition) is 0. The summed E-state index contributed by atoms with van der Waals surface area (Å²) in [5, 5.41) is 0. The molecule has 2 nitrogen and oxygen atoms in total. The Balaban J connectivity index is 3.25. The Morgan fingerprint density at radius 1 is 1.15 bits per heavy atom. The van der Waals surface area contributed by atoms with E-state index in [4.69, 9.17) is 0 Å². The molecule has 0 fully saturated rings. The van der Waals surface area contributed by atoms with E-state index in [2.05, 4.69) is 47.8 Å². The van der Waals surface area contributed by atoms with E-state index in [1.807, 2.05) is 36.6 Å². The Morgan fingerprint density at radius 2 is 1.65 bits per heavy atom. The zero-order chi connectivity index (χ0) is 15.3. The second-order valence-corrected chi connectivity index (χ2v) is 19.0. The van der Waals surface area contributed by atoms with Gasteiger partial charge in [-0.15, -0.1) is 0 Å². The van der Waals surface area contributed by atoms with Crippen LogP contribution < -0.4 is 0 Å². The minimum absolute atomic E-state index is 0.115. The summed E-state index contributed by atoms with van der Waals surface area (Å²) in [6.07, 6.45) is 5.33. The molecule has 1 aromatic rings. The quantitative estimate of drug-likeness (QED) is 0.271. The molecule has 0 aromatic heterocycles. The molecule has 0 unspecified atom stereocenters. The third-order valence-corrected chi connectivity index (χ3v) is 20.4. The zero-order valence-electron chi connectivity index (χ0n) is 12.6. The molecule has 0 saturated heterocycles. The molecule has 112 valence electrons. The number of carbonyl (C=O) groups excluding carboxylic acids is 1. The zero-order valence-corrected chi connectivity index (χ0v) is 16.5. The Labute approximate surface area is 139 Å². The average molecular weight is 423 g/mol. The number of thioether (sulfide) groups is 1. The van der Waals surface area contributed by atoms with Crippen molar-refractivity contribution in [2.24, 2.45) is 4.99 Å². The predicted molar refractivity (Wildman–Crippen MR) is 104 cm³/mol. The molecule has 0 heterocycles. The van der Waals surface area contributed by atoms with Crippen molar-refractivity contribution in [2.45, 2.75) is 20.8 Å². The molecular weight excluding hydrogens is 400 g/mol. The van der Waals surface area contributed by atoms with Crippen LogP contribution in [0, 0.1) is 0 Å². The average Bonchev–Trinajstić information content (AvgIpc) is 2.52. The number of benzene rings is 1. The van der Waals surface area contributed by atoms with Gasteiger partial charge in [0.25, 0.3) is 0 Å². The Hall–Kier alpha value is 0.0700. The molecule has 5 heteroatoms. The summed E-state index contributed by atoms with van der Waals surface area (Å²) in [6.45, 7) is 6.70. The number of amides is 1. The Kier molecular flexibility index (Phi) is 6.68. The van der Waals surface area contributed by atoms with Crippen molar-refractivity contribution < 1.29 is 4.79 Å². The van der Waals surface area contributed by atoms with Crippen LogP contribution in [0.2, 0.25) is 0 Å². The van der Waals surface area contributed by atoms with Crippen LogP contribution >= 0.6 is 38.0 Å². The molecule has 0 aliphatic rings. The van der Waals surface area contributed by atoms with Crippen LogP contribution in [0.1, 0.15) is 31.1 Å². The maximum absolute atomic E-state index is 12.4. The van der Waals surface area contributed by atoms with E-state index in [-0.39, 0.29) is 5.91 Å². The number of aliphatic imine (C=N–C) groups is 1. The van der Waals surface area contributed by atoms with Crippen LogP contribution in [0.15, 0.2) is 35.3 Å². The van der Waals surface area contributed by atoms with Gasteiger partial charge in [-0.05, 0) is 0 Å². The van der Waals surface area contributed by atoms with Crippen molar-refractivity contribution in [1.29, 1.82) is 0 Å². The van der Waals surface area contributed by atoms with Gasteiger partial charge in [0.2, 0.25) is 0 Å². The number of halogens is 1. The predicted octanol–water partition coefficient (Wildman–Crippen LogP) is 5.51. The second kappa shape index (κ2) is 7.37. The molecule has 0 atom stereocenters. The Morgan fingerprint density at radius 3 is 2.05 bits per heavy atom. The second-order valence-electron chi connectivity index (χ2n) is 4.81. The van der Waals surface area contributed by atoms with E-state index < -0.39 is 4.25 Å². The van der Waals surface area contributed by atoms with Gasteiger partial charge < -0.3 is 0 Å². The molecule has 1 amide bonds. The van der Waals surface area contributed by atoms with Crippen molar-refractivity contribution in [1.82, 2.24) is 0 Å². The molecule has 0 aliphatic carbocycles. The van der Waals surface area contributed by atoms with E-state index >= 15 is 0 Å². The molecule has 0 N–H and O–H groups in total. The van der Waals surface area contributed by atoms with Crippen LogP contribution in [0.3, 0.4) is 0 Å². The third-order valence-electron chi connectivity index (χ3n) is 4.05. The number of rotatable bonds is 5. The van der Waals surface area contributed by atoms with Crippen LogP contribution in [0.4, 0.5) is 0 Å². The molecule has 20 heavy (non-hydrogen) atoms. The fourth-order valence-electron chi connectivity index (χ4n) is 2.21. The maximum atomic E-state index is 12.4. The first-order valence-corrected chi connectivity index (χ1v) is 13.7. The topological polar surface area (TPSA) is 29.4 Å². The first-order chi connectivity index (χ1) is 9.43. The van der Waals surface area contributed by atoms with E-state index in [1.165, 1.54) is 0 Å². The fourth-order valence-corrected chi connectivity index (χ4v) is 9.96. The van der Waals surface area contributed by atoms with Gasteiger partial charge in [0.1, 0.15) is 0 Å². The van der Waals surface area contributed by atoms with Gasteiger partial charge in [-0.25, -0.2) is 0 Å². The first kappa shape index (κ1) is 18.1. The summed E-state index contributed by atoms with van der Waals surface area (Å²) < 4.78 is -2.06. The molecule has 0 aliphatic heterocycles. The van der Waals surface area contributed by atoms with Gasteiger partial charge in [0, 0.05) is 0 Å². The number of nitrogens with zero attached hydrogens (tertiary/aromatic N) is 1. The van der Waals surface area contributed by atoms with Crippen LogP contribution in [-0.4, -0.2) is 35.4 Å². The molecule has 0 saturated carbocycles. The molecule has 1 rings (SSSR count). The van der Waals surface area contributed by atoms with Crippen LogP contribution in [0.5, 0.6) is 0 Å². The summed E-state index contributed by atoms with van der Waals surface area (Å²) in [6, 6.07) is 9.33. The van der Waals surface area contributed by atoms with E-state index in [1.54, 1.807) is 11.8 Å². The van der Waals surface area contributed by atoms with Crippen molar-refractivity contribution in [2.75, 3.05) is 24.7 Å². The molecule has 0 bridgehead atoms. The van der Waals surface area contributed by atoms with Gasteiger partial charge in [-0.2, -0.15) is 0 Å². The van der Waals surface area contributed by atoms with Gasteiger partial charge >= 0.3 is 140 Å². The summed E-state index contributed by atoms with van der Waals surface area (Å²) in [4.78, 5) is 17.9. The molecule has 1 aromatic carbocycles.